The Hall–Kier alpha value is -1.17. The van der Waals surface area contributed by atoms with Gasteiger partial charge in [0, 0.05) is 10.9 Å². The normalized spacial score (nSPS) is 19.8. The molecule has 2 N–H and O–H groups in total. The highest BCUT2D eigenvalue weighted by atomic mass is 32.1. The number of aromatic nitrogens is 1. The number of hydrogen-bond acceptors (Lipinski definition) is 5. The van der Waals surface area contributed by atoms with Crippen LogP contribution in [0.3, 0.4) is 0 Å². The highest BCUT2D eigenvalue weighted by Crippen LogP contribution is 2.35. The summed E-state index contributed by atoms with van der Waals surface area (Å²) in [5.74, 6) is 0.792. The van der Waals surface area contributed by atoms with Crippen molar-refractivity contribution in [3.8, 4) is 0 Å². The summed E-state index contributed by atoms with van der Waals surface area (Å²) in [5.41, 5.74) is 1.24. The van der Waals surface area contributed by atoms with Gasteiger partial charge < -0.3 is 9.52 Å². The highest BCUT2D eigenvalue weighted by molar-refractivity contribution is 7.11. The van der Waals surface area contributed by atoms with Gasteiger partial charge in [-0.3, -0.25) is 5.32 Å². The minimum Gasteiger partial charge on any atom is -0.468 e. The van der Waals surface area contributed by atoms with E-state index in [1.165, 1.54) is 15.6 Å². The molecule has 0 aromatic carbocycles. The first-order valence-corrected chi connectivity index (χ1v) is 8.02. The first-order chi connectivity index (χ1) is 9.81. The lowest BCUT2D eigenvalue weighted by molar-refractivity contribution is 0.211. The van der Waals surface area contributed by atoms with E-state index in [-0.39, 0.29) is 18.7 Å². The van der Waals surface area contributed by atoms with Gasteiger partial charge in [-0.2, -0.15) is 0 Å². The van der Waals surface area contributed by atoms with Crippen molar-refractivity contribution in [1.82, 2.24) is 10.3 Å². The second-order valence-electron chi connectivity index (χ2n) is 5.13. The molecule has 0 saturated heterocycles. The summed E-state index contributed by atoms with van der Waals surface area (Å²) in [4.78, 5) is 6.05. The quantitative estimate of drug-likeness (QED) is 0.889. The number of hydrogen-bond donors (Lipinski definition) is 2. The summed E-state index contributed by atoms with van der Waals surface area (Å²) >= 11 is 1.81. The zero-order valence-corrected chi connectivity index (χ0v) is 12.4. The molecule has 4 nitrogen and oxygen atoms in total. The second-order valence-corrected chi connectivity index (χ2v) is 6.25. The molecule has 2 unspecified atom stereocenters. The summed E-state index contributed by atoms with van der Waals surface area (Å²) in [6.07, 6.45) is 5.96. The molecule has 0 saturated carbocycles. The smallest absolute Gasteiger partial charge is 0.123 e. The van der Waals surface area contributed by atoms with Gasteiger partial charge in [0.25, 0.3) is 0 Å². The maximum Gasteiger partial charge on any atom is 0.123 e. The summed E-state index contributed by atoms with van der Waals surface area (Å²) in [6, 6.07) is 3.89. The third-order valence-electron chi connectivity index (χ3n) is 3.77. The second kappa shape index (κ2) is 6.08. The van der Waals surface area contributed by atoms with Gasteiger partial charge in [0.05, 0.1) is 29.6 Å². The van der Waals surface area contributed by atoms with Crippen LogP contribution in [0.5, 0.6) is 0 Å². The van der Waals surface area contributed by atoms with Crippen molar-refractivity contribution in [2.45, 2.75) is 44.7 Å². The van der Waals surface area contributed by atoms with Crippen LogP contribution in [0.1, 0.15) is 53.2 Å². The minimum atomic E-state index is -0.145. The van der Waals surface area contributed by atoms with Crippen LogP contribution in [-0.2, 0) is 12.8 Å². The summed E-state index contributed by atoms with van der Waals surface area (Å²) < 4.78 is 5.41. The molecule has 0 bridgehead atoms. The van der Waals surface area contributed by atoms with E-state index in [4.69, 9.17) is 9.40 Å². The van der Waals surface area contributed by atoms with E-state index >= 15 is 0 Å². The van der Waals surface area contributed by atoms with Gasteiger partial charge in [0.15, 0.2) is 0 Å². The van der Waals surface area contributed by atoms with Crippen molar-refractivity contribution in [2.75, 3.05) is 6.61 Å². The van der Waals surface area contributed by atoms with E-state index in [0.717, 1.165) is 31.4 Å². The Balaban J connectivity index is 1.80. The molecular formula is C15H20N2O2S. The first-order valence-electron chi connectivity index (χ1n) is 7.20. The number of aliphatic hydroxyl groups is 1. The molecule has 108 valence electrons. The number of thiazole rings is 1. The van der Waals surface area contributed by atoms with Gasteiger partial charge in [0.2, 0.25) is 0 Å². The summed E-state index contributed by atoms with van der Waals surface area (Å²) in [5, 5.41) is 14.3. The number of fused-ring (bicyclic) bond motifs is 1. The highest BCUT2D eigenvalue weighted by Gasteiger charge is 2.27. The molecule has 2 heterocycles. The maximum absolute atomic E-state index is 9.59. The topological polar surface area (TPSA) is 58.3 Å². The van der Waals surface area contributed by atoms with Crippen LogP contribution in [-0.4, -0.2) is 16.7 Å². The minimum absolute atomic E-state index is 0.0405. The van der Waals surface area contributed by atoms with E-state index in [2.05, 4.69) is 12.2 Å². The maximum atomic E-state index is 9.59. The van der Waals surface area contributed by atoms with E-state index in [1.807, 2.05) is 23.5 Å². The van der Waals surface area contributed by atoms with Crippen LogP contribution in [0.4, 0.5) is 0 Å². The van der Waals surface area contributed by atoms with E-state index in [9.17, 15) is 5.11 Å². The Morgan fingerprint density at radius 3 is 3.20 bits per heavy atom. The lowest BCUT2D eigenvalue weighted by Gasteiger charge is -2.26. The van der Waals surface area contributed by atoms with E-state index in [1.54, 1.807) is 6.26 Å². The molecule has 0 spiro atoms. The molecule has 1 aliphatic carbocycles. The number of nitrogens with zero attached hydrogens (tertiary/aromatic N) is 1. The molecule has 3 rings (SSSR count). The van der Waals surface area contributed by atoms with Crippen molar-refractivity contribution >= 4 is 11.3 Å². The Kier molecular flexibility index (Phi) is 4.19. The van der Waals surface area contributed by atoms with Gasteiger partial charge in [-0.1, -0.05) is 6.92 Å². The number of nitrogens with one attached hydrogen (secondary N) is 1. The Morgan fingerprint density at radius 1 is 1.60 bits per heavy atom. The van der Waals surface area contributed by atoms with Crippen LogP contribution in [0.2, 0.25) is 0 Å². The third-order valence-corrected chi connectivity index (χ3v) is 5.12. The van der Waals surface area contributed by atoms with Crippen molar-refractivity contribution in [1.29, 1.82) is 0 Å². The van der Waals surface area contributed by atoms with Gasteiger partial charge in [-0.15, -0.1) is 11.3 Å². The Bertz CT molecular complexity index is 550. The molecule has 1 aliphatic rings. The van der Waals surface area contributed by atoms with Gasteiger partial charge in [0.1, 0.15) is 5.76 Å². The summed E-state index contributed by atoms with van der Waals surface area (Å²) in [6.45, 7) is 2.19. The van der Waals surface area contributed by atoms with Crippen LogP contribution < -0.4 is 5.32 Å². The zero-order valence-electron chi connectivity index (χ0n) is 11.6. The molecule has 5 heteroatoms. The molecule has 2 aromatic rings. The molecule has 0 amide bonds. The Labute approximate surface area is 122 Å². The predicted octanol–water partition coefficient (Wildman–Crippen LogP) is 3.00. The van der Waals surface area contributed by atoms with Gasteiger partial charge >= 0.3 is 0 Å². The van der Waals surface area contributed by atoms with Crippen LogP contribution >= 0.6 is 11.3 Å². The zero-order chi connectivity index (χ0) is 13.9. The molecule has 0 radical (unpaired) electrons. The van der Waals surface area contributed by atoms with Gasteiger partial charge in [-0.05, 0) is 37.8 Å². The Morgan fingerprint density at radius 2 is 2.50 bits per heavy atom. The number of aliphatic hydroxyl groups excluding tert-OH is 1. The fourth-order valence-electron chi connectivity index (χ4n) is 2.74. The SMILES string of the molecule is CCc1nc2c(s1)C(NC(CO)c1ccco1)CCC2. The van der Waals surface area contributed by atoms with Gasteiger partial charge in [-0.25, -0.2) is 4.98 Å². The largest absolute Gasteiger partial charge is 0.468 e. The number of rotatable bonds is 5. The molecule has 0 fully saturated rings. The standard InChI is InChI=1S/C15H20N2O2S/c1-2-14-17-11-6-3-5-10(15(11)20-14)16-12(9-18)13-7-4-8-19-13/h4,7-8,10,12,16,18H,2-3,5-6,9H2,1H3. The van der Waals surface area contributed by atoms with Crippen molar-refractivity contribution < 1.29 is 9.52 Å². The van der Waals surface area contributed by atoms with Crippen molar-refractivity contribution in [3.63, 3.8) is 0 Å². The fraction of sp³-hybridized carbons (Fsp3) is 0.533. The fourth-order valence-corrected chi connectivity index (χ4v) is 3.89. The lowest BCUT2D eigenvalue weighted by Crippen LogP contribution is -2.30. The molecule has 20 heavy (non-hydrogen) atoms. The molecule has 0 aliphatic heterocycles. The number of furan rings is 1. The first kappa shape index (κ1) is 13.8. The van der Waals surface area contributed by atoms with E-state index < -0.39 is 0 Å². The van der Waals surface area contributed by atoms with Crippen LogP contribution in [0.25, 0.3) is 0 Å². The third kappa shape index (κ3) is 2.66. The van der Waals surface area contributed by atoms with E-state index in [0.29, 0.717) is 0 Å². The van der Waals surface area contributed by atoms with Crippen molar-refractivity contribution in [2.24, 2.45) is 0 Å². The number of aryl methyl sites for hydroxylation is 2. The molecular weight excluding hydrogens is 272 g/mol. The average Bonchev–Trinajstić information content (AvgIpc) is 3.13. The molecule has 2 aromatic heterocycles. The predicted molar refractivity (Wildman–Crippen MR) is 78.8 cm³/mol. The average molecular weight is 292 g/mol. The van der Waals surface area contributed by atoms with Crippen LogP contribution in [0, 0.1) is 0 Å². The lowest BCUT2D eigenvalue weighted by atomic mass is 9.97. The molecule has 2 atom stereocenters. The summed E-state index contributed by atoms with van der Waals surface area (Å²) in [7, 11) is 0. The monoisotopic (exact) mass is 292 g/mol. The van der Waals surface area contributed by atoms with Crippen molar-refractivity contribution in [3.05, 3.63) is 39.7 Å². The van der Waals surface area contributed by atoms with Crippen LogP contribution in [0.15, 0.2) is 22.8 Å².